The Bertz CT molecular complexity index is 316. The van der Waals surface area contributed by atoms with Crippen molar-refractivity contribution < 1.29 is 0 Å². The summed E-state index contributed by atoms with van der Waals surface area (Å²) in [6.07, 6.45) is 4.92. The lowest BCUT2D eigenvalue weighted by Crippen LogP contribution is -2.20. The van der Waals surface area contributed by atoms with Crippen LogP contribution >= 0.6 is 0 Å². The second-order valence-corrected chi connectivity index (χ2v) is 4.11. The van der Waals surface area contributed by atoms with Crippen LogP contribution in [0.3, 0.4) is 0 Å². The Morgan fingerprint density at radius 3 is 2.88 bits per heavy atom. The van der Waals surface area contributed by atoms with Crippen LogP contribution in [-0.4, -0.2) is 36.6 Å². The Balaban J connectivity index is 2.52. The second-order valence-electron chi connectivity index (χ2n) is 4.11. The number of nitrogens with zero attached hydrogens (tertiary/aromatic N) is 3. The van der Waals surface area contributed by atoms with Crippen molar-refractivity contribution in [3.8, 4) is 0 Å². The smallest absolute Gasteiger partial charge is 0.133 e. The SMILES string of the molecule is CCCCN(C)c1cc(NCCCN)ncn1. The predicted octanol–water partition coefficient (Wildman–Crippen LogP) is 1.47. The third kappa shape index (κ3) is 4.99. The van der Waals surface area contributed by atoms with Crippen LogP contribution in [0.1, 0.15) is 26.2 Å². The molecule has 1 heterocycles. The van der Waals surface area contributed by atoms with Gasteiger partial charge in [0.15, 0.2) is 0 Å². The van der Waals surface area contributed by atoms with Crippen LogP contribution in [0.15, 0.2) is 12.4 Å². The van der Waals surface area contributed by atoms with Gasteiger partial charge < -0.3 is 16.0 Å². The molecule has 0 amide bonds. The molecular formula is C12H23N5. The molecule has 0 aromatic carbocycles. The molecule has 17 heavy (non-hydrogen) atoms. The van der Waals surface area contributed by atoms with Crippen molar-refractivity contribution in [3.63, 3.8) is 0 Å². The minimum Gasteiger partial charge on any atom is -0.370 e. The average molecular weight is 237 g/mol. The molecule has 0 aliphatic rings. The Morgan fingerprint density at radius 2 is 2.18 bits per heavy atom. The highest BCUT2D eigenvalue weighted by atomic mass is 15.2. The summed E-state index contributed by atoms with van der Waals surface area (Å²) in [6, 6.07) is 1.98. The third-order valence-electron chi connectivity index (χ3n) is 2.58. The molecule has 1 rings (SSSR count). The standard InChI is InChI=1S/C12H23N5/c1-3-4-8-17(2)12-9-11(15-10-16-12)14-7-5-6-13/h9-10H,3-8,13H2,1-2H3,(H,14,15,16). The first-order valence-electron chi connectivity index (χ1n) is 6.25. The number of aromatic nitrogens is 2. The fraction of sp³-hybridized carbons (Fsp3) is 0.667. The molecule has 0 saturated heterocycles. The van der Waals surface area contributed by atoms with Crippen LogP contribution in [0.2, 0.25) is 0 Å². The van der Waals surface area contributed by atoms with Crippen LogP contribution < -0.4 is 16.0 Å². The molecular weight excluding hydrogens is 214 g/mol. The van der Waals surface area contributed by atoms with Gasteiger partial charge in [-0.15, -0.1) is 0 Å². The van der Waals surface area contributed by atoms with Crippen LogP contribution in [0.25, 0.3) is 0 Å². The minimum atomic E-state index is 0.696. The van der Waals surface area contributed by atoms with Crippen molar-refractivity contribution in [1.29, 1.82) is 0 Å². The minimum absolute atomic E-state index is 0.696. The zero-order valence-electron chi connectivity index (χ0n) is 10.8. The van der Waals surface area contributed by atoms with E-state index in [2.05, 4.69) is 34.2 Å². The molecule has 0 fully saturated rings. The number of rotatable bonds is 8. The first-order chi connectivity index (χ1) is 8.27. The number of hydrogen-bond acceptors (Lipinski definition) is 5. The van der Waals surface area contributed by atoms with Gasteiger partial charge in [0.25, 0.3) is 0 Å². The van der Waals surface area contributed by atoms with E-state index in [0.717, 1.165) is 31.1 Å². The van der Waals surface area contributed by atoms with Crippen LogP contribution in [0.5, 0.6) is 0 Å². The molecule has 0 aliphatic carbocycles. The highest BCUT2D eigenvalue weighted by molar-refractivity contribution is 5.47. The van der Waals surface area contributed by atoms with Crippen molar-refractivity contribution in [2.45, 2.75) is 26.2 Å². The van der Waals surface area contributed by atoms with Crippen LogP contribution in [0.4, 0.5) is 11.6 Å². The van der Waals surface area contributed by atoms with E-state index in [4.69, 9.17) is 5.73 Å². The van der Waals surface area contributed by atoms with E-state index in [1.165, 1.54) is 12.8 Å². The van der Waals surface area contributed by atoms with Gasteiger partial charge in [0.2, 0.25) is 0 Å². The van der Waals surface area contributed by atoms with Gasteiger partial charge in [0.05, 0.1) is 0 Å². The second kappa shape index (κ2) is 7.84. The van der Waals surface area contributed by atoms with Crippen molar-refractivity contribution in [2.24, 2.45) is 5.73 Å². The fourth-order valence-electron chi connectivity index (χ4n) is 1.48. The summed E-state index contributed by atoms with van der Waals surface area (Å²) in [5.41, 5.74) is 5.44. The van der Waals surface area contributed by atoms with E-state index in [0.29, 0.717) is 6.54 Å². The number of anilines is 2. The van der Waals surface area contributed by atoms with Crippen molar-refractivity contribution in [3.05, 3.63) is 12.4 Å². The molecule has 0 saturated carbocycles. The van der Waals surface area contributed by atoms with Crippen LogP contribution in [-0.2, 0) is 0 Å². The molecule has 5 nitrogen and oxygen atoms in total. The summed E-state index contributed by atoms with van der Waals surface area (Å²) in [4.78, 5) is 10.6. The van der Waals surface area contributed by atoms with E-state index >= 15 is 0 Å². The summed E-state index contributed by atoms with van der Waals surface area (Å²) in [5.74, 6) is 1.83. The van der Waals surface area contributed by atoms with Gasteiger partial charge in [-0.3, -0.25) is 0 Å². The highest BCUT2D eigenvalue weighted by Gasteiger charge is 2.03. The zero-order valence-corrected chi connectivity index (χ0v) is 10.8. The zero-order chi connectivity index (χ0) is 12.5. The maximum absolute atomic E-state index is 5.44. The Kier molecular flexibility index (Phi) is 6.32. The summed E-state index contributed by atoms with van der Waals surface area (Å²) in [6.45, 7) is 4.76. The lowest BCUT2D eigenvalue weighted by Gasteiger charge is -2.18. The molecule has 0 unspecified atom stereocenters. The molecule has 0 atom stereocenters. The summed E-state index contributed by atoms with van der Waals surface area (Å²) < 4.78 is 0. The number of unbranched alkanes of at least 4 members (excludes halogenated alkanes) is 1. The largest absolute Gasteiger partial charge is 0.370 e. The van der Waals surface area contributed by atoms with Gasteiger partial charge >= 0.3 is 0 Å². The van der Waals surface area contributed by atoms with Gasteiger partial charge in [-0.25, -0.2) is 9.97 Å². The lowest BCUT2D eigenvalue weighted by molar-refractivity contribution is 0.758. The van der Waals surface area contributed by atoms with E-state index in [1.54, 1.807) is 6.33 Å². The lowest BCUT2D eigenvalue weighted by atomic mass is 10.3. The molecule has 0 radical (unpaired) electrons. The molecule has 1 aromatic heterocycles. The first-order valence-corrected chi connectivity index (χ1v) is 6.25. The summed E-state index contributed by atoms with van der Waals surface area (Å²) in [5, 5.41) is 3.24. The van der Waals surface area contributed by atoms with Crippen molar-refractivity contribution in [2.75, 3.05) is 36.9 Å². The number of hydrogen-bond donors (Lipinski definition) is 2. The molecule has 3 N–H and O–H groups in total. The van der Waals surface area contributed by atoms with Crippen molar-refractivity contribution >= 4 is 11.6 Å². The van der Waals surface area contributed by atoms with Gasteiger partial charge in [-0.05, 0) is 19.4 Å². The van der Waals surface area contributed by atoms with E-state index in [9.17, 15) is 0 Å². The Morgan fingerprint density at radius 1 is 1.35 bits per heavy atom. The summed E-state index contributed by atoms with van der Waals surface area (Å²) >= 11 is 0. The van der Waals surface area contributed by atoms with Gasteiger partial charge in [0, 0.05) is 26.2 Å². The van der Waals surface area contributed by atoms with E-state index in [-0.39, 0.29) is 0 Å². The molecule has 1 aromatic rings. The Hall–Kier alpha value is -1.36. The average Bonchev–Trinajstić information content (AvgIpc) is 2.36. The van der Waals surface area contributed by atoms with E-state index < -0.39 is 0 Å². The summed E-state index contributed by atoms with van der Waals surface area (Å²) in [7, 11) is 2.06. The van der Waals surface area contributed by atoms with E-state index in [1.807, 2.05) is 6.07 Å². The molecule has 0 aliphatic heterocycles. The first kappa shape index (κ1) is 13.7. The molecule has 5 heteroatoms. The number of nitrogens with one attached hydrogen (secondary N) is 1. The number of nitrogens with two attached hydrogens (primary N) is 1. The van der Waals surface area contributed by atoms with Crippen molar-refractivity contribution in [1.82, 2.24) is 9.97 Å². The maximum atomic E-state index is 5.44. The Labute approximate surface area is 103 Å². The normalized spacial score (nSPS) is 10.3. The fourth-order valence-corrected chi connectivity index (χ4v) is 1.48. The maximum Gasteiger partial charge on any atom is 0.133 e. The quantitative estimate of drug-likeness (QED) is 0.670. The van der Waals surface area contributed by atoms with Crippen LogP contribution in [0, 0.1) is 0 Å². The van der Waals surface area contributed by atoms with Gasteiger partial charge in [0.1, 0.15) is 18.0 Å². The highest BCUT2D eigenvalue weighted by Crippen LogP contribution is 2.12. The van der Waals surface area contributed by atoms with Gasteiger partial charge in [-0.2, -0.15) is 0 Å². The molecule has 0 spiro atoms. The molecule has 96 valence electrons. The predicted molar refractivity (Wildman–Crippen MR) is 72.4 cm³/mol. The molecule has 0 bridgehead atoms. The topological polar surface area (TPSA) is 67.1 Å². The van der Waals surface area contributed by atoms with Gasteiger partial charge in [-0.1, -0.05) is 13.3 Å². The third-order valence-corrected chi connectivity index (χ3v) is 2.58. The monoisotopic (exact) mass is 237 g/mol.